The van der Waals surface area contributed by atoms with Gasteiger partial charge < -0.3 is 15.1 Å². The standard InChI is InChI=1S/C13H16N2O/c1-9-7-12(16-13(9)15(2)3)10-5-4-6-11(14)8-10/h4-8H,14H2,1-3H3. The minimum atomic E-state index is 0.748. The van der Waals surface area contributed by atoms with Crippen molar-refractivity contribution in [2.24, 2.45) is 0 Å². The molecule has 0 saturated carbocycles. The minimum Gasteiger partial charge on any atom is -0.440 e. The molecule has 84 valence electrons. The summed E-state index contributed by atoms with van der Waals surface area (Å²) in [7, 11) is 3.93. The van der Waals surface area contributed by atoms with E-state index in [2.05, 4.69) is 0 Å². The zero-order chi connectivity index (χ0) is 11.7. The van der Waals surface area contributed by atoms with Gasteiger partial charge in [-0.05, 0) is 25.1 Å². The van der Waals surface area contributed by atoms with Gasteiger partial charge in [0.05, 0.1) is 0 Å². The number of rotatable bonds is 2. The number of nitrogen functional groups attached to an aromatic ring is 1. The first-order chi connectivity index (χ1) is 7.58. The Morgan fingerprint density at radius 1 is 1.19 bits per heavy atom. The Bertz CT molecular complexity index is 500. The van der Waals surface area contributed by atoms with Crippen LogP contribution in [0.4, 0.5) is 11.6 Å². The molecule has 0 spiro atoms. The van der Waals surface area contributed by atoms with E-state index in [4.69, 9.17) is 10.2 Å². The molecule has 0 aliphatic rings. The summed E-state index contributed by atoms with van der Waals surface area (Å²) in [6.07, 6.45) is 0. The second-order valence-electron chi connectivity index (χ2n) is 4.12. The van der Waals surface area contributed by atoms with E-state index in [0.29, 0.717) is 0 Å². The van der Waals surface area contributed by atoms with Gasteiger partial charge in [-0.1, -0.05) is 12.1 Å². The van der Waals surface area contributed by atoms with Crippen LogP contribution in [0.1, 0.15) is 5.56 Å². The van der Waals surface area contributed by atoms with E-state index >= 15 is 0 Å². The van der Waals surface area contributed by atoms with Crippen molar-refractivity contribution in [2.45, 2.75) is 6.92 Å². The van der Waals surface area contributed by atoms with Crippen molar-refractivity contribution in [3.63, 3.8) is 0 Å². The summed E-state index contributed by atoms with van der Waals surface area (Å²) in [4.78, 5) is 1.96. The third-order valence-corrected chi connectivity index (χ3v) is 2.47. The summed E-state index contributed by atoms with van der Waals surface area (Å²) >= 11 is 0. The zero-order valence-corrected chi connectivity index (χ0v) is 9.82. The normalized spacial score (nSPS) is 10.4. The maximum Gasteiger partial charge on any atom is 0.198 e. The highest BCUT2D eigenvalue weighted by Crippen LogP contribution is 2.30. The van der Waals surface area contributed by atoms with Gasteiger partial charge in [-0.25, -0.2) is 0 Å². The van der Waals surface area contributed by atoms with Gasteiger partial charge in [0.25, 0.3) is 0 Å². The van der Waals surface area contributed by atoms with Gasteiger partial charge in [-0.3, -0.25) is 0 Å². The van der Waals surface area contributed by atoms with Crippen molar-refractivity contribution in [3.05, 3.63) is 35.9 Å². The van der Waals surface area contributed by atoms with Crippen LogP contribution in [0.5, 0.6) is 0 Å². The van der Waals surface area contributed by atoms with E-state index in [1.54, 1.807) is 0 Å². The molecule has 0 atom stereocenters. The second kappa shape index (κ2) is 3.93. The highest BCUT2D eigenvalue weighted by molar-refractivity contribution is 5.66. The van der Waals surface area contributed by atoms with Crippen LogP contribution in [-0.2, 0) is 0 Å². The van der Waals surface area contributed by atoms with Crippen molar-refractivity contribution < 1.29 is 4.42 Å². The average molecular weight is 216 g/mol. The topological polar surface area (TPSA) is 42.4 Å². The molecule has 0 radical (unpaired) electrons. The van der Waals surface area contributed by atoms with Crippen LogP contribution in [0, 0.1) is 6.92 Å². The number of hydrogen-bond donors (Lipinski definition) is 1. The molecule has 0 amide bonds. The van der Waals surface area contributed by atoms with Gasteiger partial charge in [0.1, 0.15) is 5.76 Å². The number of benzene rings is 1. The van der Waals surface area contributed by atoms with Crippen LogP contribution in [0.15, 0.2) is 34.7 Å². The molecule has 1 aromatic carbocycles. The first kappa shape index (κ1) is 10.6. The first-order valence-corrected chi connectivity index (χ1v) is 5.21. The number of nitrogens with zero attached hydrogens (tertiary/aromatic N) is 1. The summed E-state index contributed by atoms with van der Waals surface area (Å²) in [5.41, 5.74) is 8.63. The summed E-state index contributed by atoms with van der Waals surface area (Å²) in [6.45, 7) is 2.04. The molecule has 0 aliphatic heterocycles. The highest BCUT2D eigenvalue weighted by Gasteiger charge is 2.10. The molecule has 2 aromatic rings. The average Bonchev–Trinajstić information content (AvgIpc) is 2.60. The lowest BCUT2D eigenvalue weighted by Gasteiger charge is -2.08. The Morgan fingerprint density at radius 2 is 1.94 bits per heavy atom. The Labute approximate surface area is 95.5 Å². The molecule has 1 aromatic heterocycles. The van der Waals surface area contributed by atoms with E-state index in [1.165, 1.54) is 0 Å². The molecule has 2 N–H and O–H groups in total. The number of furan rings is 1. The fourth-order valence-corrected chi connectivity index (χ4v) is 1.75. The van der Waals surface area contributed by atoms with Gasteiger partial charge in [-0.15, -0.1) is 0 Å². The van der Waals surface area contributed by atoms with E-state index in [0.717, 1.165) is 28.5 Å². The molecule has 0 unspecified atom stereocenters. The van der Waals surface area contributed by atoms with Crippen molar-refractivity contribution in [1.82, 2.24) is 0 Å². The minimum absolute atomic E-state index is 0.748. The van der Waals surface area contributed by atoms with Crippen LogP contribution < -0.4 is 10.6 Å². The Balaban J connectivity index is 2.45. The molecule has 3 heteroatoms. The van der Waals surface area contributed by atoms with E-state index in [1.807, 2.05) is 56.3 Å². The highest BCUT2D eigenvalue weighted by atomic mass is 16.4. The summed E-state index contributed by atoms with van der Waals surface area (Å²) in [5.74, 6) is 1.74. The fraction of sp³-hybridized carbons (Fsp3) is 0.231. The van der Waals surface area contributed by atoms with E-state index in [-0.39, 0.29) is 0 Å². The SMILES string of the molecule is Cc1cc(-c2cccc(N)c2)oc1N(C)C. The Morgan fingerprint density at radius 3 is 2.50 bits per heavy atom. The van der Waals surface area contributed by atoms with Gasteiger partial charge in [-0.2, -0.15) is 0 Å². The second-order valence-corrected chi connectivity index (χ2v) is 4.12. The van der Waals surface area contributed by atoms with Crippen molar-refractivity contribution in [1.29, 1.82) is 0 Å². The van der Waals surface area contributed by atoms with Crippen molar-refractivity contribution in [3.8, 4) is 11.3 Å². The molecule has 2 rings (SSSR count). The van der Waals surface area contributed by atoms with E-state index < -0.39 is 0 Å². The van der Waals surface area contributed by atoms with Crippen LogP contribution in [0.3, 0.4) is 0 Å². The predicted octanol–water partition coefficient (Wildman–Crippen LogP) is 2.90. The number of anilines is 2. The van der Waals surface area contributed by atoms with Crippen LogP contribution in [-0.4, -0.2) is 14.1 Å². The molecular weight excluding hydrogens is 200 g/mol. The van der Waals surface area contributed by atoms with Gasteiger partial charge >= 0.3 is 0 Å². The molecule has 0 saturated heterocycles. The third-order valence-electron chi connectivity index (χ3n) is 2.47. The monoisotopic (exact) mass is 216 g/mol. The smallest absolute Gasteiger partial charge is 0.198 e. The summed E-state index contributed by atoms with van der Waals surface area (Å²) < 4.78 is 5.79. The van der Waals surface area contributed by atoms with E-state index in [9.17, 15) is 0 Å². The van der Waals surface area contributed by atoms with Gasteiger partial charge in [0.2, 0.25) is 0 Å². The molecule has 1 heterocycles. The molecular formula is C13H16N2O. The Kier molecular flexibility index (Phi) is 2.60. The number of hydrogen-bond acceptors (Lipinski definition) is 3. The van der Waals surface area contributed by atoms with Crippen LogP contribution in [0.25, 0.3) is 11.3 Å². The molecule has 0 aliphatic carbocycles. The fourth-order valence-electron chi connectivity index (χ4n) is 1.75. The van der Waals surface area contributed by atoms with Crippen LogP contribution in [0.2, 0.25) is 0 Å². The maximum absolute atomic E-state index is 5.79. The first-order valence-electron chi connectivity index (χ1n) is 5.21. The number of nitrogens with two attached hydrogens (primary N) is 1. The van der Waals surface area contributed by atoms with Crippen LogP contribution >= 0.6 is 0 Å². The molecule has 16 heavy (non-hydrogen) atoms. The van der Waals surface area contributed by atoms with Crippen molar-refractivity contribution in [2.75, 3.05) is 24.7 Å². The lowest BCUT2D eigenvalue weighted by Crippen LogP contribution is -2.08. The predicted molar refractivity (Wildman–Crippen MR) is 67.6 cm³/mol. The largest absolute Gasteiger partial charge is 0.440 e. The van der Waals surface area contributed by atoms with Gasteiger partial charge in [0.15, 0.2) is 5.88 Å². The lowest BCUT2D eigenvalue weighted by molar-refractivity contribution is 0.577. The van der Waals surface area contributed by atoms with Crippen molar-refractivity contribution >= 4 is 11.6 Å². The molecule has 0 fully saturated rings. The summed E-state index contributed by atoms with van der Waals surface area (Å²) in [5, 5.41) is 0. The molecule has 0 bridgehead atoms. The lowest BCUT2D eigenvalue weighted by atomic mass is 10.1. The Hall–Kier alpha value is -1.90. The number of aryl methyl sites for hydroxylation is 1. The maximum atomic E-state index is 5.79. The third kappa shape index (κ3) is 1.89. The van der Waals surface area contributed by atoms with Gasteiger partial charge in [0, 0.05) is 30.9 Å². The summed E-state index contributed by atoms with van der Waals surface area (Å²) in [6, 6.07) is 9.74. The zero-order valence-electron chi connectivity index (χ0n) is 9.82. The molecule has 3 nitrogen and oxygen atoms in total. The quantitative estimate of drug-likeness (QED) is 0.785.